The maximum atomic E-state index is 6.47. The van der Waals surface area contributed by atoms with Crippen LogP contribution in [-0.2, 0) is 10.8 Å². The number of rotatable bonds is 7. The van der Waals surface area contributed by atoms with Crippen LogP contribution in [0.5, 0.6) is 0 Å². The molecule has 1 aliphatic rings. The molecular formula is C69H55N3O. The van der Waals surface area contributed by atoms with E-state index in [-0.39, 0.29) is 16.2 Å². The highest BCUT2D eigenvalue weighted by molar-refractivity contribution is 6.18. The second kappa shape index (κ2) is 15.7. The van der Waals surface area contributed by atoms with Gasteiger partial charge in [0.15, 0.2) is 0 Å². The van der Waals surface area contributed by atoms with Crippen molar-refractivity contribution in [3.63, 3.8) is 0 Å². The molecule has 10 aromatic carbocycles. The Morgan fingerprint density at radius 1 is 0.370 bits per heavy atom. The highest BCUT2D eigenvalue weighted by Gasteiger charge is 2.57. The Morgan fingerprint density at radius 2 is 0.932 bits per heavy atom. The van der Waals surface area contributed by atoms with Crippen LogP contribution in [-0.4, -0.2) is 9.13 Å². The van der Waals surface area contributed by atoms with E-state index < -0.39 is 0 Å². The minimum Gasteiger partial charge on any atom is -0.456 e. The van der Waals surface area contributed by atoms with Crippen LogP contribution in [0.2, 0.25) is 0 Å². The van der Waals surface area contributed by atoms with E-state index in [9.17, 15) is 0 Å². The van der Waals surface area contributed by atoms with E-state index in [1.165, 1.54) is 60.4 Å². The van der Waals surface area contributed by atoms with Crippen molar-refractivity contribution in [3.05, 3.63) is 236 Å². The first-order valence-corrected chi connectivity index (χ1v) is 25.7. The summed E-state index contributed by atoms with van der Waals surface area (Å²) in [6, 6.07) is 82.6. The number of hydrogen-bond acceptors (Lipinski definition) is 2. The Labute approximate surface area is 426 Å². The number of furan rings is 1. The molecule has 3 aromatic heterocycles. The second-order valence-electron chi connectivity index (χ2n) is 21.7. The fourth-order valence-corrected chi connectivity index (χ4v) is 12.7. The first-order chi connectivity index (χ1) is 35.5. The van der Waals surface area contributed by atoms with Crippen LogP contribution in [0.15, 0.2) is 229 Å². The predicted octanol–water partition coefficient (Wildman–Crippen LogP) is 19.2. The van der Waals surface area contributed by atoms with Gasteiger partial charge in [-0.3, -0.25) is 0 Å². The number of para-hydroxylation sites is 4. The van der Waals surface area contributed by atoms with Crippen LogP contribution < -0.4 is 4.90 Å². The molecule has 0 amide bonds. The lowest BCUT2D eigenvalue weighted by molar-refractivity contribution is 0.125. The molecule has 0 atom stereocenters. The summed E-state index contributed by atoms with van der Waals surface area (Å²) in [6.45, 7) is 14.8. The molecule has 3 heterocycles. The topological polar surface area (TPSA) is 26.2 Å². The number of hydrogen-bond donors (Lipinski definition) is 0. The van der Waals surface area contributed by atoms with Crippen molar-refractivity contribution >= 4 is 82.6 Å². The van der Waals surface area contributed by atoms with Gasteiger partial charge in [0, 0.05) is 43.9 Å². The summed E-state index contributed by atoms with van der Waals surface area (Å²) in [4.78, 5) is 2.57. The Balaban J connectivity index is 1.08. The zero-order valence-corrected chi connectivity index (χ0v) is 42.1. The van der Waals surface area contributed by atoms with E-state index in [0.717, 1.165) is 66.9 Å². The molecule has 0 aliphatic heterocycles. The van der Waals surface area contributed by atoms with Crippen LogP contribution in [0.3, 0.4) is 0 Å². The van der Waals surface area contributed by atoms with E-state index >= 15 is 0 Å². The molecule has 73 heavy (non-hydrogen) atoms. The van der Waals surface area contributed by atoms with Crippen LogP contribution in [0.25, 0.3) is 99.2 Å². The van der Waals surface area contributed by atoms with Gasteiger partial charge in [-0.05, 0) is 135 Å². The van der Waals surface area contributed by atoms with Crippen LogP contribution in [0.1, 0.15) is 52.7 Å². The molecule has 13 aromatic rings. The quantitative estimate of drug-likeness (QED) is 0.159. The number of nitrogens with zero attached hydrogens (tertiary/aromatic N) is 3. The molecule has 4 nitrogen and oxygen atoms in total. The van der Waals surface area contributed by atoms with E-state index in [2.05, 4.69) is 274 Å². The van der Waals surface area contributed by atoms with Gasteiger partial charge in [-0.2, -0.15) is 0 Å². The summed E-state index contributed by atoms with van der Waals surface area (Å²) >= 11 is 0. The molecule has 4 heteroatoms. The molecule has 14 rings (SSSR count). The van der Waals surface area contributed by atoms with E-state index in [1.807, 2.05) is 6.07 Å². The maximum absolute atomic E-state index is 6.47. The van der Waals surface area contributed by atoms with E-state index in [4.69, 9.17) is 4.42 Å². The molecule has 0 saturated heterocycles. The van der Waals surface area contributed by atoms with Crippen molar-refractivity contribution in [2.24, 2.45) is 5.41 Å². The summed E-state index contributed by atoms with van der Waals surface area (Å²) in [6.07, 6.45) is 0. The lowest BCUT2D eigenvalue weighted by Crippen LogP contribution is -2.42. The number of aromatic nitrogens is 2. The Kier molecular flexibility index (Phi) is 9.29. The number of anilines is 3. The predicted molar refractivity (Wildman–Crippen MR) is 308 cm³/mol. The lowest BCUT2D eigenvalue weighted by Gasteiger charge is -2.44. The molecule has 0 bridgehead atoms. The van der Waals surface area contributed by atoms with Crippen LogP contribution >= 0.6 is 0 Å². The third-order valence-corrected chi connectivity index (χ3v) is 17.6. The fraction of sp³-hybridized carbons (Fsp3) is 0.130. The monoisotopic (exact) mass is 941 g/mol. The number of benzene rings is 10. The van der Waals surface area contributed by atoms with Crippen molar-refractivity contribution in [1.82, 2.24) is 9.13 Å². The summed E-state index contributed by atoms with van der Waals surface area (Å²) in [5, 5.41) is 7.07. The minimum absolute atomic E-state index is 0.0564. The van der Waals surface area contributed by atoms with Crippen molar-refractivity contribution in [1.29, 1.82) is 0 Å². The highest BCUT2D eigenvalue weighted by Crippen LogP contribution is 2.63. The van der Waals surface area contributed by atoms with Gasteiger partial charge in [-0.25, -0.2) is 0 Å². The van der Waals surface area contributed by atoms with Crippen LogP contribution in [0, 0.1) is 5.41 Å². The zero-order valence-electron chi connectivity index (χ0n) is 42.1. The first kappa shape index (κ1) is 43.2. The van der Waals surface area contributed by atoms with Gasteiger partial charge in [0.2, 0.25) is 0 Å². The summed E-state index contributed by atoms with van der Waals surface area (Å²) in [5.74, 6) is 0. The van der Waals surface area contributed by atoms with Crippen molar-refractivity contribution in [2.45, 2.75) is 52.4 Å². The highest BCUT2D eigenvalue weighted by atomic mass is 16.3. The standard InChI is InChI=1S/C69H55N3O/c1-67(2)54-42-52(46-37-40-58-53(41-46)49-25-13-16-28-56(49)72(58)61-32-20-34-64-66(61)51-27-15-18-33-63(51)73-64)62(43-55(54)68(3,4)69(67,5)6)71(48-38-35-45(36-39-48)44-21-9-7-10-22-44)60-31-19-30-59-65(60)50-26-14-17-29-57(50)70(59)47-23-11-8-12-24-47/h7-43H,1-6H3. The average Bonchev–Trinajstić information content (AvgIpc) is 4.11. The molecule has 0 radical (unpaired) electrons. The van der Waals surface area contributed by atoms with Gasteiger partial charge < -0.3 is 18.5 Å². The SMILES string of the molecule is CC1(C)c2cc(-c3ccc4c(c3)c3ccccc3n4-c3cccc4oc5ccccc5c34)c(N(c3ccc(-c4ccccc4)cc3)c3cccc4c3c3ccccc3n4-c3ccccc3)cc2C(C)(C)C1(C)C. The molecule has 0 N–H and O–H groups in total. The molecule has 0 fully saturated rings. The molecule has 0 unspecified atom stereocenters. The lowest BCUT2D eigenvalue weighted by atomic mass is 9.59. The maximum Gasteiger partial charge on any atom is 0.137 e. The Morgan fingerprint density at radius 3 is 1.68 bits per heavy atom. The largest absolute Gasteiger partial charge is 0.456 e. The molecule has 352 valence electrons. The van der Waals surface area contributed by atoms with E-state index in [0.29, 0.717) is 0 Å². The fourth-order valence-electron chi connectivity index (χ4n) is 12.7. The van der Waals surface area contributed by atoms with Gasteiger partial charge in [0.05, 0.1) is 44.5 Å². The van der Waals surface area contributed by atoms with E-state index in [1.54, 1.807) is 0 Å². The molecular weight excluding hydrogens is 887 g/mol. The molecule has 0 spiro atoms. The number of fused-ring (bicyclic) bond motifs is 10. The second-order valence-corrected chi connectivity index (χ2v) is 21.7. The third-order valence-electron chi connectivity index (χ3n) is 17.6. The molecule has 1 aliphatic carbocycles. The van der Waals surface area contributed by atoms with Gasteiger partial charge in [-0.15, -0.1) is 0 Å². The molecule has 0 saturated carbocycles. The Bertz CT molecular complexity index is 4340. The normalized spacial score (nSPS) is 14.8. The summed E-state index contributed by atoms with van der Waals surface area (Å²) in [7, 11) is 0. The van der Waals surface area contributed by atoms with Crippen molar-refractivity contribution in [3.8, 4) is 33.6 Å². The summed E-state index contributed by atoms with van der Waals surface area (Å²) < 4.78 is 11.3. The minimum atomic E-state index is -0.146. The smallest absolute Gasteiger partial charge is 0.137 e. The van der Waals surface area contributed by atoms with Gasteiger partial charge in [0.25, 0.3) is 0 Å². The Hall–Kier alpha value is -8.60. The summed E-state index contributed by atoms with van der Waals surface area (Å²) in [5.41, 5.74) is 19.3. The van der Waals surface area contributed by atoms with Gasteiger partial charge in [-0.1, -0.05) is 175 Å². The van der Waals surface area contributed by atoms with Crippen molar-refractivity contribution in [2.75, 3.05) is 4.90 Å². The van der Waals surface area contributed by atoms with Gasteiger partial charge >= 0.3 is 0 Å². The zero-order chi connectivity index (χ0) is 49.4. The van der Waals surface area contributed by atoms with Crippen molar-refractivity contribution < 1.29 is 4.42 Å². The first-order valence-electron chi connectivity index (χ1n) is 25.7. The average molecular weight is 942 g/mol. The van der Waals surface area contributed by atoms with Gasteiger partial charge in [0.1, 0.15) is 11.2 Å². The van der Waals surface area contributed by atoms with Crippen LogP contribution in [0.4, 0.5) is 17.1 Å². The third kappa shape index (κ3) is 6.13.